The highest BCUT2D eigenvalue weighted by Gasteiger charge is 2.25. The Morgan fingerprint density at radius 1 is 1.09 bits per heavy atom. The van der Waals surface area contributed by atoms with Crippen LogP contribution >= 0.6 is 23.2 Å². The summed E-state index contributed by atoms with van der Waals surface area (Å²) >= 11 is 12.6. The summed E-state index contributed by atoms with van der Waals surface area (Å²) in [5.74, 6) is -1.51. The molecule has 0 spiro atoms. The number of hydrogen-bond acceptors (Lipinski definition) is 4. The van der Waals surface area contributed by atoms with E-state index in [1.807, 2.05) is 0 Å². The van der Waals surface area contributed by atoms with E-state index in [0.29, 0.717) is 21.2 Å². The van der Waals surface area contributed by atoms with Gasteiger partial charge in [0.1, 0.15) is 5.75 Å². The Balaban J connectivity index is 2.15. The molecule has 0 aliphatic heterocycles. The number of hydrogen-bond donors (Lipinski definition) is 3. The lowest BCUT2D eigenvalue weighted by Crippen LogP contribution is -2.41. The van der Waals surface area contributed by atoms with Gasteiger partial charge in [0.15, 0.2) is 5.69 Å². The van der Waals surface area contributed by atoms with Gasteiger partial charge in [-0.15, -0.1) is 0 Å². The van der Waals surface area contributed by atoms with Crippen LogP contribution in [0.3, 0.4) is 0 Å². The van der Waals surface area contributed by atoms with Crippen LogP contribution in [0, 0.1) is 0 Å². The topological polar surface area (TPSA) is 112 Å². The van der Waals surface area contributed by atoms with E-state index >= 15 is 0 Å². The number of carboxylic acid groups (broad SMARTS) is 1. The van der Waals surface area contributed by atoms with Crippen LogP contribution in [0.4, 0.5) is 16.2 Å². The highest BCUT2D eigenvalue weighted by molar-refractivity contribution is 6.39. The minimum atomic E-state index is -1.09. The molecule has 0 saturated carbocycles. The van der Waals surface area contributed by atoms with E-state index in [4.69, 9.17) is 28.3 Å². The number of carboxylic acids is 1. The molecule has 0 fully saturated rings. The molecule has 1 heterocycles. The molecule has 3 N–H and O–H groups in total. The third kappa shape index (κ3) is 4.87. The number of nitrogens with one attached hydrogen (secondary N) is 1. The summed E-state index contributed by atoms with van der Waals surface area (Å²) in [4.78, 5) is 37.7. The Kier molecular flexibility index (Phi) is 7.07. The molecule has 0 aliphatic carbocycles. The van der Waals surface area contributed by atoms with E-state index in [9.17, 15) is 19.5 Å². The summed E-state index contributed by atoms with van der Waals surface area (Å²) in [7, 11) is 1.48. The zero-order valence-corrected chi connectivity index (χ0v) is 18.4. The number of aromatic nitrogens is 1. The van der Waals surface area contributed by atoms with Gasteiger partial charge in [-0.25, -0.2) is 4.79 Å². The van der Waals surface area contributed by atoms with E-state index < -0.39 is 23.3 Å². The summed E-state index contributed by atoms with van der Waals surface area (Å²) in [5, 5.41) is 22.5. The molecular weight excluding hydrogens is 457 g/mol. The quantitative estimate of drug-likeness (QED) is 0.489. The standard InChI is InChI=1S/C22H19Cl2N3O5/c1-26-11-9-17(28)20(21(26)31)27(22(32)25-10-8-18(29)30)14-5-2-4-13(12-14)19-15(23)6-3-7-16(19)24/h2-7,9,11-12,28H,8,10H2,1H3,(H,25,32)(H,29,30). The molecule has 32 heavy (non-hydrogen) atoms. The van der Waals surface area contributed by atoms with E-state index in [0.717, 1.165) is 4.90 Å². The molecule has 3 aromatic rings. The largest absolute Gasteiger partial charge is 0.505 e. The van der Waals surface area contributed by atoms with Crippen LogP contribution in [-0.2, 0) is 11.8 Å². The summed E-state index contributed by atoms with van der Waals surface area (Å²) in [6, 6.07) is 12.1. The fraction of sp³-hybridized carbons (Fsp3) is 0.136. The maximum absolute atomic E-state index is 13.0. The molecule has 10 heteroatoms. The molecule has 2 amide bonds. The molecule has 3 rings (SSSR count). The number of aromatic hydroxyl groups is 1. The van der Waals surface area contributed by atoms with Crippen LogP contribution in [-0.4, -0.2) is 33.3 Å². The molecule has 1 aromatic heterocycles. The fourth-order valence-electron chi connectivity index (χ4n) is 3.09. The van der Waals surface area contributed by atoms with Crippen molar-refractivity contribution in [2.24, 2.45) is 7.05 Å². The molecule has 0 aliphatic rings. The van der Waals surface area contributed by atoms with Gasteiger partial charge in [-0.1, -0.05) is 41.4 Å². The van der Waals surface area contributed by atoms with Gasteiger partial charge < -0.3 is 20.1 Å². The molecule has 0 saturated heterocycles. The molecule has 166 valence electrons. The van der Waals surface area contributed by atoms with Crippen molar-refractivity contribution in [2.45, 2.75) is 6.42 Å². The van der Waals surface area contributed by atoms with Crippen molar-refractivity contribution in [1.29, 1.82) is 0 Å². The van der Waals surface area contributed by atoms with Crippen molar-refractivity contribution in [3.05, 3.63) is 75.1 Å². The number of anilines is 2. The van der Waals surface area contributed by atoms with Crippen molar-refractivity contribution < 1.29 is 19.8 Å². The average Bonchev–Trinajstić information content (AvgIpc) is 2.73. The van der Waals surface area contributed by atoms with Crippen LogP contribution in [0.15, 0.2) is 59.5 Å². The summed E-state index contributed by atoms with van der Waals surface area (Å²) in [6.45, 7) is -0.172. The van der Waals surface area contributed by atoms with Gasteiger partial charge >= 0.3 is 12.0 Å². The summed E-state index contributed by atoms with van der Waals surface area (Å²) in [6.07, 6.45) is 1.05. The first-order chi connectivity index (χ1) is 15.2. The number of nitrogens with zero attached hydrogens (tertiary/aromatic N) is 2. The van der Waals surface area contributed by atoms with Crippen LogP contribution < -0.4 is 15.8 Å². The minimum Gasteiger partial charge on any atom is -0.505 e. The highest BCUT2D eigenvalue weighted by Crippen LogP contribution is 2.38. The van der Waals surface area contributed by atoms with Crippen molar-refractivity contribution in [1.82, 2.24) is 9.88 Å². The number of carbonyl (C=O) groups is 2. The monoisotopic (exact) mass is 475 g/mol. The first-order valence-electron chi connectivity index (χ1n) is 9.43. The van der Waals surface area contributed by atoms with Crippen molar-refractivity contribution in [3.8, 4) is 16.9 Å². The second-order valence-electron chi connectivity index (χ2n) is 6.82. The molecule has 0 bridgehead atoms. The van der Waals surface area contributed by atoms with Crippen LogP contribution in [0.25, 0.3) is 11.1 Å². The number of pyridine rings is 1. The van der Waals surface area contributed by atoms with Gasteiger partial charge in [0.25, 0.3) is 5.56 Å². The SMILES string of the molecule is Cn1ccc(O)c(N(C(=O)NCCC(=O)O)c2cccc(-c3c(Cl)cccc3Cl)c2)c1=O. The lowest BCUT2D eigenvalue weighted by molar-refractivity contribution is -0.136. The number of aliphatic carboxylic acids is 1. The maximum atomic E-state index is 13.0. The first-order valence-corrected chi connectivity index (χ1v) is 10.2. The van der Waals surface area contributed by atoms with E-state index in [-0.39, 0.29) is 24.3 Å². The van der Waals surface area contributed by atoms with Crippen molar-refractivity contribution in [2.75, 3.05) is 11.4 Å². The van der Waals surface area contributed by atoms with Gasteiger partial charge in [0.2, 0.25) is 0 Å². The van der Waals surface area contributed by atoms with E-state index in [1.54, 1.807) is 42.5 Å². The van der Waals surface area contributed by atoms with E-state index in [2.05, 4.69) is 5.32 Å². The predicted molar refractivity (Wildman–Crippen MR) is 123 cm³/mol. The number of urea groups is 1. The van der Waals surface area contributed by atoms with Gasteiger partial charge in [0, 0.05) is 35.4 Å². The smallest absolute Gasteiger partial charge is 0.326 e. The van der Waals surface area contributed by atoms with Crippen LogP contribution in [0.5, 0.6) is 5.75 Å². The van der Waals surface area contributed by atoms with Crippen LogP contribution in [0.2, 0.25) is 10.0 Å². The number of amides is 2. The predicted octanol–water partition coefficient (Wildman–Crippen LogP) is 4.39. The third-order valence-corrected chi connectivity index (χ3v) is 5.25. The molecule has 0 atom stereocenters. The molecular formula is C22H19Cl2N3O5. The second-order valence-corrected chi connectivity index (χ2v) is 7.64. The molecule has 0 unspecified atom stereocenters. The summed E-state index contributed by atoms with van der Waals surface area (Å²) < 4.78 is 1.21. The van der Waals surface area contributed by atoms with E-state index in [1.165, 1.54) is 23.9 Å². The Hall–Kier alpha value is -3.49. The lowest BCUT2D eigenvalue weighted by Gasteiger charge is -2.24. The van der Waals surface area contributed by atoms with Gasteiger partial charge in [-0.3, -0.25) is 14.5 Å². The normalized spacial score (nSPS) is 10.6. The fourth-order valence-corrected chi connectivity index (χ4v) is 3.71. The van der Waals surface area contributed by atoms with Crippen molar-refractivity contribution in [3.63, 3.8) is 0 Å². The number of benzene rings is 2. The number of carbonyl (C=O) groups excluding carboxylic acids is 1. The zero-order valence-electron chi connectivity index (χ0n) is 16.9. The second kappa shape index (κ2) is 9.76. The third-order valence-electron chi connectivity index (χ3n) is 4.62. The Labute approximate surface area is 193 Å². The Morgan fingerprint density at radius 2 is 1.75 bits per heavy atom. The molecule has 2 aromatic carbocycles. The van der Waals surface area contributed by atoms with Gasteiger partial charge in [-0.05, 0) is 35.9 Å². The van der Waals surface area contributed by atoms with Gasteiger partial charge in [0.05, 0.1) is 12.1 Å². The first kappa shape index (κ1) is 23.2. The number of rotatable bonds is 6. The summed E-state index contributed by atoms with van der Waals surface area (Å²) in [5.41, 5.74) is 0.442. The minimum absolute atomic E-state index is 0.172. The average molecular weight is 476 g/mol. The maximum Gasteiger partial charge on any atom is 0.326 e. The molecule has 8 nitrogen and oxygen atoms in total. The Morgan fingerprint density at radius 3 is 2.41 bits per heavy atom. The van der Waals surface area contributed by atoms with Crippen LogP contribution in [0.1, 0.15) is 6.42 Å². The van der Waals surface area contributed by atoms with Gasteiger partial charge in [-0.2, -0.15) is 0 Å². The van der Waals surface area contributed by atoms with Crippen molar-refractivity contribution >= 4 is 46.6 Å². The lowest BCUT2D eigenvalue weighted by atomic mass is 10.0. The Bertz CT molecular complexity index is 1220. The molecule has 0 radical (unpaired) electrons. The number of halogens is 2. The number of aryl methyl sites for hydroxylation is 1. The highest BCUT2D eigenvalue weighted by atomic mass is 35.5. The zero-order chi connectivity index (χ0) is 23.4.